The molecule has 14 heavy (non-hydrogen) atoms. The van der Waals surface area contributed by atoms with Crippen molar-refractivity contribution >= 4 is 5.69 Å². The van der Waals surface area contributed by atoms with Crippen LogP contribution in [-0.2, 0) is 6.42 Å². The molecule has 0 atom stereocenters. The van der Waals surface area contributed by atoms with Gasteiger partial charge in [0.05, 0.1) is 5.69 Å². The second-order valence-electron chi connectivity index (χ2n) is 3.31. The molecule has 0 bridgehead atoms. The van der Waals surface area contributed by atoms with Gasteiger partial charge in [-0.25, -0.2) is 9.97 Å². The first-order chi connectivity index (χ1) is 6.95. The van der Waals surface area contributed by atoms with Gasteiger partial charge in [0.1, 0.15) is 6.33 Å². The van der Waals surface area contributed by atoms with Crippen molar-refractivity contribution in [3.05, 3.63) is 36.5 Å². The lowest BCUT2D eigenvalue weighted by Crippen LogP contribution is -2.02. The number of imidazole rings is 1. The Bertz CT molecular complexity index is 461. The van der Waals surface area contributed by atoms with E-state index in [1.54, 1.807) is 6.20 Å². The zero-order chi connectivity index (χ0) is 9.38. The molecule has 0 aromatic carbocycles. The van der Waals surface area contributed by atoms with E-state index in [2.05, 4.69) is 15.3 Å². The van der Waals surface area contributed by atoms with Crippen LogP contribution in [0.25, 0.3) is 5.82 Å². The van der Waals surface area contributed by atoms with Crippen molar-refractivity contribution < 1.29 is 0 Å². The normalized spacial score (nSPS) is 13.7. The molecule has 0 saturated heterocycles. The molecule has 1 aliphatic heterocycles. The van der Waals surface area contributed by atoms with Gasteiger partial charge in [-0.1, -0.05) is 0 Å². The molecule has 0 aliphatic carbocycles. The van der Waals surface area contributed by atoms with E-state index in [0.29, 0.717) is 0 Å². The highest BCUT2D eigenvalue weighted by atomic mass is 15.1. The zero-order valence-corrected chi connectivity index (χ0v) is 7.64. The second-order valence-corrected chi connectivity index (χ2v) is 3.31. The summed E-state index contributed by atoms with van der Waals surface area (Å²) in [4.78, 5) is 8.49. The van der Waals surface area contributed by atoms with Gasteiger partial charge in [-0.05, 0) is 12.1 Å². The molecule has 3 rings (SSSR count). The molecule has 3 heterocycles. The molecule has 0 saturated carbocycles. The molecule has 0 unspecified atom stereocenters. The predicted octanol–water partition coefficient (Wildman–Crippen LogP) is 1.24. The van der Waals surface area contributed by atoms with Crippen LogP contribution in [0.4, 0.5) is 5.69 Å². The summed E-state index contributed by atoms with van der Waals surface area (Å²) in [5.41, 5.74) is 2.28. The Kier molecular flexibility index (Phi) is 1.53. The van der Waals surface area contributed by atoms with E-state index < -0.39 is 0 Å². The molecule has 0 radical (unpaired) electrons. The summed E-state index contributed by atoms with van der Waals surface area (Å²) < 4.78 is 2.04. The molecule has 70 valence electrons. The number of hydrogen-bond donors (Lipinski definition) is 1. The summed E-state index contributed by atoms with van der Waals surface area (Å²) in [5.74, 6) is 0.942. The zero-order valence-electron chi connectivity index (χ0n) is 7.64. The Morgan fingerprint density at radius 2 is 2.43 bits per heavy atom. The minimum Gasteiger partial charge on any atom is -0.382 e. The van der Waals surface area contributed by atoms with Crippen LogP contribution in [0.1, 0.15) is 5.69 Å². The van der Waals surface area contributed by atoms with Gasteiger partial charge in [0.25, 0.3) is 0 Å². The third-order valence-corrected chi connectivity index (χ3v) is 2.43. The molecule has 1 aliphatic rings. The number of hydrogen-bond acceptors (Lipinski definition) is 3. The second kappa shape index (κ2) is 2.83. The molecule has 4 nitrogen and oxygen atoms in total. The van der Waals surface area contributed by atoms with E-state index in [1.807, 2.05) is 29.2 Å². The van der Waals surface area contributed by atoms with Gasteiger partial charge >= 0.3 is 0 Å². The van der Waals surface area contributed by atoms with Crippen LogP contribution < -0.4 is 5.32 Å². The van der Waals surface area contributed by atoms with Crippen molar-refractivity contribution in [3.63, 3.8) is 0 Å². The number of fused-ring (bicyclic) bond motifs is 3. The third-order valence-electron chi connectivity index (χ3n) is 2.43. The minimum absolute atomic E-state index is 0.935. The SMILES string of the molecule is c1cnc2c(c1)NCCc1cncn1-2. The van der Waals surface area contributed by atoms with Crippen LogP contribution in [-0.4, -0.2) is 21.1 Å². The lowest BCUT2D eigenvalue weighted by Gasteiger charge is -2.06. The standard InChI is InChI=1S/C10H10N4/c1-2-9-10(13-4-1)14-7-11-6-8(14)3-5-12-9/h1-2,4,6-7,12H,3,5H2. The smallest absolute Gasteiger partial charge is 0.161 e. The van der Waals surface area contributed by atoms with E-state index >= 15 is 0 Å². The fraction of sp³-hybridized carbons (Fsp3) is 0.200. The minimum atomic E-state index is 0.935. The van der Waals surface area contributed by atoms with Crippen molar-refractivity contribution in [2.75, 3.05) is 11.9 Å². The summed E-state index contributed by atoms with van der Waals surface area (Å²) in [6, 6.07) is 3.98. The predicted molar refractivity (Wildman–Crippen MR) is 53.6 cm³/mol. The summed E-state index contributed by atoms with van der Waals surface area (Å²) in [6.07, 6.45) is 6.49. The van der Waals surface area contributed by atoms with E-state index in [0.717, 1.165) is 24.5 Å². The van der Waals surface area contributed by atoms with Gasteiger partial charge in [0.2, 0.25) is 0 Å². The monoisotopic (exact) mass is 186 g/mol. The van der Waals surface area contributed by atoms with Crippen LogP contribution in [0.5, 0.6) is 0 Å². The fourth-order valence-electron chi connectivity index (χ4n) is 1.75. The van der Waals surface area contributed by atoms with Crippen LogP contribution in [0, 0.1) is 0 Å². The fourth-order valence-corrected chi connectivity index (χ4v) is 1.75. The van der Waals surface area contributed by atoms with Crippen LogP contribution >= 0.6 is 0 Å². The average molecular weight is 186 g/mol. The first kappa shape index (κ1) is 7.55. The molecular formula is C10H10N4. The molecule has 0 fully saturated rings. The van der Waals surface area contributed by atoms with Crippen LogP contribution in [0.15, 0.2) is 30.9 Å². The lowest BCUT2D eigenvalue weighted by molar-refractivity contribution is 0.908. The average Bonchev–Trinajstić information content (AvgIpc) is 2.61. The van der Waals surface area contributed by atoms with E-state index in [1.165, 1.54) is 5.69 Å². The van der Waals surface area contributed by atoms with Gasteiger partial charge in [-0.15, -0.1) is 0 Å². The van der Waals surface area contributed by atoms with Gasteiger partial charge in [0.15, 0.2) is 5.82 Å². The number of pyridine rings is 1. The third kappa shape index (κ3) is 1.00. The van der Waals surface area contributed by atoms with E-state index in [-0.39, 0.29) is 0 Å². The lowest BCUT2D eigenvalue weighted by atomic mass is 10.3. The Morgan fingerprint density at radius 3 is 3.43 bits per heavy atom. The Balaban J connectivity index is 2.27. The number of nitrogens with zero attached hydrogens (tertiary/aromatic N) is 3. The number of nitrogens with one attached hydrogen (secondary N) is 1. The van der Waals surface area contributed by atoms with Crippen molar-refractivity contribution in [2.45, 2.75) is 6.42 Å². The highest BCUT2D eigenvalue weighted by Gasteiger charge is 2.13. The number of aromatic nitrogens is 3. The molecule has 2 aromatic rings. The maximum atomic E-state index is 4.35. The molecule has 4 heteroatoms. The maximum absolute atomic E-state index is 4.35. The molecule has 0 amide bonds. The van der Waals surface area contributed by atoms with Gasteiger partial charge in [-0.2, -0.15) is 0 Å². The van der Waals surface area contributed by atoms with E-state index in [4.69, 9.17) is 0 Å². The summed E-state index contributed by atoms with van der Waals surface area (Å²) in [7, 11) is 0. The van der Waals surface area contributed by atoms with Gasteiger partial charge in [-0.3, -0.25) is 4.57 Å². The largest absolute Gasteiger partial charge is 0.382 e. The summed E-state index contributed by atoms with van der Waals surface area (Å²) in [5, 5.41) is 3.35. The molecule has 2 aromatic heterocycles. The maximum Gasteiger partial charge on any atom is 0.161 e. The van der Waals surface area contributed by atoms with Crippen LogP contribution in [0.3, 0.4) is 0 Å². The van der Waals surface area contributed by atoms with Crippen molar-refractivity contribution in [1.82, 2.24) is 14.5 Å². The summed E-state index contributed by atoms with van der Waals surface area (Å²) >= 11 is 0. The van der Waals surface area contributed by atoms with Crippen LogP contribution in [0.2, 0.25) is 0 Å². The molecular weight excluding hydrogens is 176 g/mol. The highest BCUT2D eigenvalue weighted by molar-refractivity contribution is 5.58. The van der Waals surface area contributed by atoms with Gasteiger partial charge < -0.3 is 5.32 Å². The molecule has 1 N–H and O–H groups in total. The Labute approximate surface area is 81.6 Å². The topological polar surface area (TPSA) is 42.7 Å². The highest BCUT2D eigenvalue weighted by Crippen LogP contribution is 2.21. The first-order valence-corrected chi connectivity index (χ1v) is 4.65. The number of rotatable bonds is 0. The number of anilines is 1. The van der Waals surface area contributed by atoms with E-state index in [9.17, 15) is 0 Å². The quantitative estimate of drug-likeness (QED) is 0.673. The van der Waals surface area contributed by atoms with Crippen molar-refractivity contribution in [2.24, 2.45) is 0 Å². The molecule has 0 spiro atoms. The van der Waals surface area contributed by atoms with Crippen molar-refractivity contribution in [1.29, 1.82) is 0 Å². The Hall–Kier alpha value is -1.84. The summed E-state index contributed by atoms with van der Waals surface area (Å²) in [6.45, 7) is 0.935. The Morgan fingerprint density at radius 1 is 1.43 bits per heavy atom. The van der Waals surface area contributed by atoms with Crippen molar-refractivity contribution in [3.8, 4) is 5.82 Å². The van der Waals surface area contributed by atoms with Gasteiger partial charge in [0, 0.05) is 31.1 Å². The first-order valence-electron chi connectivity index (χ1n) is 4.65.